The number of ether oxygens (including phenoxy) is 2. The van der Waals surface area contributed by atoms with E-state index in [1.807, 2.05) is 12.1 Å². The lowest BCUT2D eigenvalue weighted by Gasteiger charge is -2.33. The molecule has 0 spiro atoms. The highest BCUT2D eigenvalue weighted by Gasteiger charge is 2.29. The van der Waals surface area contributed by atoms with Crippen molar-refractivity contribution in [2.75, 3.05) is 6.61 Å². The Kier molecular flexibility index (Phi) is 9.39. The van der Waals surface area contributed by atoms with E-state index in [1.54, 1.807) is 0 Å². The van der Waals surface area contributed by atoms with Crippen molar-refractivity contribution in [2.45, 2.75) is 90.1 Å². The summed E-state index contributed by atoms with van der Waals surface area (Å²) in [5, 5.41) is 8.66. The molecule has 4 heteroatoms. The average Bonchev–Trinajstić information content (AvgIpc) is 2.67. The number of aliphatic carboxylic acids is 1. The minimum atomic E-state index is -0.750. The summed E-state index contributed by atoms with van der Waals surface area (Å²) in [4.78, 5) is 10.5. The fraction of sp³-hybridized carbons (Fsp3) is 0.625. The number of hydrogen-bond donors (Lipinski definition) is 1. The molecule has 1 aliphatic heterocycles. The summed E-state index contributed by atoms with van der Waals surface area (Å²) in [6.45, 7) is 4.96. The number of rotatable bonds is 13. The van der Waals surface area contributed by atoms with Gasteiger partial charge >= 0.3 is 5.97 Å². The molecule has 28 heavy (non-hydrogen) atoms. The SMILES string of the molecule is CCCCCCC/C=C/C1(C)CCc2cc(OCCCCC(=O)O)ccc2O1. The van der Waals surface area contributed by atoms with Gasteiger partial charge in [0.15, 0.2) is 0 Å². The van der Waals surface area contributed by atoms with Gasteiger partial charge in [-0.3, -0.25) is 4.79 Å². The predicted molar refractivity (Wildman–Crippen MR) is 113 cm³/mol. The van der Waals surface area contributed by atoms with E-state index in [-0.39, 0.29) is 12.0 Å². The molecule has 1 N–H and O–H groups in total. The van der Waals surface area contributed by atoms with Crippen LogP contribution in [0.15, 0.2) is 30.4 Å². The Morgan fingerprint density at radius 3 is 2.82 bits per heavy atom. The van der Waals surface area contributed by atoms with Gasteiger partial charge < -0.3 is 14.6 Å². The molecule has 0 bridgehead atoms. The number of aryl methyl sites for hydroxylation is 1. The van der Waals surface area contributed by atoms with E-state index in [0.717, 1.165) is 37.2 Å². The first-order valence-corrected chi connectivity index (χ1v) is 10.9. The van der Waals surface area contributed by atoms with Crippen molar-refractivity contribution in [1.29, 1.82) is 0 Å². The lowest BCUT2D eigenvalue weighted by Crippen LogP contribution is -2.34. The molecule has 4 nitrogen and oxygen atoms in total. The second-order valence-electron chi connectivity index (χ2n) is 7.99. The summed E-state index contributed by atoms with van der Waals surface area (Å²) in [5.41, 5.74) is 0.962. The van der Waals surface area contributed by atoms with Crippen LogP contribution >= 0.6 is 0 Å². The van der Waals surface area contributed by atoms with Gasteiger partial charge in [0.2, 0.25) is 0 Å². The summed E-state index contributed by atoms with van der Waals surface area (Å²) >= 11 is 0. The molecule has 0 saturated carbocycles. The Bertz CT molecular complexity index is 637. The normalized spacial score (nSPS) is 18.6. The van der Waals surface area contributed by atoms with Crippen LogP contribution in [0.25, 0.3) is 0 Å². The third kappa shape index (κ3) is 7.95. The standard InChI is InChI=1S/C24H36O4/c1-3-4-5-6-7-8-10-16-24(2)17-15-20-19-21(13-14-22(20)28-24)27-18-11-9-12-23(25)26/h10,13-14,16,19H,3-9,11-12,15,17-18H2,1-2H3,(H,25,26)/b16-10+. The first-order valence-electron chi connectivity index (χ1n) is 10.9. The van der Waals surface area contributed by atoms with E-state index in [9.17, 15) is 4.79 Å². The zero-order valence-electron chi connectivity index (χ0n) is 17.5. The molecule has 1 unspecified atom stereocenters. The fourth-order valence-electron chi connectivity index (χ4n) is 3.51. The Morgan fingerprint density at radius 1 is 1.21 bits per heavy atom. The zero-order valence-corrected chi connectivity index (χ0v) is 17.5. The highest BCUT2D eigenvalue weighted by molar-refractivity contribution is 5.66. The van der Waals surface area contributed by atoms with Crippen LogP contribution in [-0.4, -0.2) is 23.3 Å². The highest BCUT2D eigenvalue weighted by atomic mass is 16.5. The fourth-order valence-corrected chi connectivity index (χ4v) is 3.51. The van der Waals surface area contributed by atoms with Crippen LogP contribution in [0.1, 0.15) is 83.6 Å². The maximum atomic E-state index is 10.5. The van der Waals surface area contributed by atoms with Gasteiger partial charge in [0.1, 0.15) is 17.1 Å². The lowest BCUT2D eigenvalue weighted by atomic mass is 9.91. The van der Waals surface area contributed by atoms with Crippen molar-refractivity contribution >= 4 is 5.97 Å². The van der Waals surface area contributed by atoms with Gasteiger partial charge in [-0.05, 0) is 75.3 Å². The third-order valence-electron chi connectivity index (χ3n) is 5.26. The molecule has 0 saturated heterocycles. The Balaban J connectivity index is 1.77. The van der Waals surface area contributed by atoms with Gasteiger partial charge in [-0.1, -0.05) is 38.7 Å². The molecule has 0 aromatic heterocycles. The minimum absolute atomic E-state index is 0.201. The summed E-state index contributed by atoms with van der Waals surface area (Å²) in [7, 11) is 0. The topological polar surface area (TPSA) is 55.8 Å². The van der Waals surface area contributed by atoms with Crippen molar-refractivity contribution in [1.82, 2.24) is 0 Å². The monoisotopic (exact) mass is 388 g/mol. The maximum absolute atomic E-state index is 10.5. The van der Waals surface area contributed by atoms with Crippen LogP contribution in [0.5, 0.6) is 11.5 Å². The van der Waals surface area contributed by atoms with E-state index in [1.165, 1.54) is 37.7 Å². The number of hydrogen-bond acceptors (Lipinski definition) is 3. The molecule has 0 aliphatic carbocycles. The smallest absolute Gasteiger partial charge is 0.303 e. The predicted octanol–water partition coefficient (Wildman–Crippen LogP) is 6.32. The summed E-state index contributed by atoms with van der Waals surface area (Å²) in [5.74, 6) is 1.03. The van der Waals surface area contributed by atoms with Crippen LogP contribution in [0.3, 0.4) is 0 Å². The molecule has 1 atom stereocenters. The second kappa shape index (κ2) is 11.8. The number of carboxylic acid groups (broad SMARTS) is 1. The van der Waals surface area contributed by atoms with Crippen LogP contribution in [0.4, 0.5) is 0 Å². The van der Waals surface area contributed by atoms with E-state index in [2.05, 4.69) is 32.1 Å². The molecule has 0 radical (unpaired) electrons. The summed E-state index contributed by atoms with van der Waals surface area (Å²) < 4.78 is 12.0. The number of carbonyl (C=O) groups is 1. The molecular formula is C24H36O4. The number of carboxylic acids is 1. The molecule has 1 heterocycles. The van der Waals surface area contributed by atoms with Crippen LogP contribution in [0, 0.1) is 0 Å². The second-order valence-corrected chi connectivity index (χ2v) is 7.99. The number of benzene rings is 1. The van der Waals surface area contributed by atoms with Crippen LogP contribution in [0.2, 0.25) is 0 Å². The van der Waals surface area contributed by atoms with Crippen molar-refractivity contribution in [3.8, 4) is 11.5 Å². The zero-order chi connectivity index (χ0) is 20.2. The van der Waals surface area contributed by atoms with Crippen molar-refractivity contribution in [3.05, 3.63) is 35.9 Å². The van der Waals surface area contributed by atoms with Crippen molar-refractivity contribution in [2.24, 2.45) is 0 Å². The number of unbranched alkanes of at least 4 members (excludes halogenated alkanes) is 6. The molecular weight excluding hydrogens is 352 g/mol. The number of fused-ring (bicyclic) bond motifs is 1. The number of allylic oxidation sites excluding steroid dienone is 1. The van der Waals surface area contributed by atoms with Crippen LogP contribution in [-0.2, 0) is 11.2 Å². The first-order chi connectivity index (χ1) is 13.5. The van der Waals surface area contributed by atoms with E-state index >= 15 is 0 Å². The minimum Gasteiger partial charge on any atom is -0.494 e. The Morgan fingerprint density at radius 2 is 2.04 bits per heavy atom. The van der Waals surface area contributed by atoms with Gasteiger partial charge in [0.25, 0.3) is 0 Å². The Labute approximate surface area is 169 Å². The van der Waals surface area contributed by atoms with Crippen molar-refractivity contribution < 1.29 is 19.4 Å². The molecule has 1 aliphatic rings. The summed E-state index contributed by atoms with van der Waals surface area (Å²) in [6, 6.07) is 6.00. The van der Waals surface area contributed by atoms with Gasteiger partial charge in [-0.25, -0.2) is 0 Å². The van der Waals surface area contributed by atoms with Gasteiger partial charge in [0, 0.05) is 6.42 Å². The molecule has 0 amide bonds. The highest BCUT2D eigenvalue weighted by Crippen LogP contribution is 2.36. The first kappa shape index (κ1) is 22.3. The van der Waals surface area contributed by atoms with Gasteiger partial charge in [-0.15, -0.1) is 0 Å². The summed E-state index contributed by atoms with van der Waals surface area (Å²) in [6.07, 6.45) is 15.7. The van der Waals surface area contributed by atoms with E-state index in [4.69, 9.17) is 14.6 Å². The quantitative estimate of drug-likeness (QED) is 0.317. The third-order valence-corrected chi connectivity index (χ3v) is 5.26. The molecule has 156 valence electrons. The molecule has 0 fully saturated rings. The molecule has 1 aromatic carbocycles. The van der Waals surface area contributed by atoms with Gasteiger partial charge in [0.05, 0.1) is 6.61 Å². The average molecular weight is 389 g/mol. The van der Waals surface area contributed by atoms with Gasteiger partial charge in [-0.2, -0.15) is 0 Å². The maximum Gasteiger partial charge on any atom is 0.303 e. The Hall–Kier alpha value is -1.97. The van der Waals surface area contributed by atoms with E-state index in [0.29, 0.717) is 13.0 Å². The van der Waals surface area contributed by atoms with E-state index < -0.39 is 5.97 Å². The molecule has 2 rings (SSSR count). The van der Waals surface area contributed by atoms with Crippen molar-refractivity contribution in [3.63, 3.8) is 0 Å². The largest absolute Gasteiger partial charge is 0.494 e. The van der Waals surface area contributed by atoms with Crippen LogP contribution < -0.4 is 9.47 Å². The molecule has 1 aromatic rings. The lowest BCUT2D eigenvalue weighted by molar-refractivity contribution is -0.137.